The van der Waals surface area contributed by atoms with Crippen molar-refractivity contribution in [3.63, 3.8) is 0 Å². The van der Waals surface area contributed by atoms with Gasteiger partial charge in [0.25, 0.3) is 15.9 Å². The molecule has 6 nitrogen and oxygen atoms in total. The number of ether oxygens (including phenoxy) is 1. The fraction of sp³-hybridized carbons (Fsp3) is 0.136. The molecule has 30 heavy (non-hydrogen) atoms. The number of amides is 1. The molecular weight excluding hydrogens is 424 g/mol. The normalized spacial score (nSPS) is 11.1. The van der Waals surface area contributed by atoms with Crippen molar-refractivity contribution in [2.45, 2.75) is 18.7 Å². The molecule has 0 radical (unpaired) electrons. The Labute approximate surface area is 180 Å². The molecule has 0 aromatic heterocycles. The van der Waals surface area contributed by atoms with Crippen LogP contribution in [0.4, 0.5) is 11.4 Å². The summed E-state index contributed by atoms with van der Waals surface area (Å²) in [6.45, 7) is 3.78. The maximum absolute atomic E-state index is 12.6. The number of benzene rings is 3. The SMILES string of the molecule is COc1ccc(C)cc1NC(=O)c1ccc(NS(=O)(=O)c2ccc(C)cc2)c(Cl)c1. The van der Waals surface area contributed by atoms with E-state index in [1.807, 2.05) is 19.9 Å². The quantitative estimate of drug-likeness (QED) is 0.559. The summed E-state index contributed by atoms with van der Waals surface area (Å²) in [6.07, 6.45) is 0. The minimum absolute atomic E-state index is 0.106. The first-order valence-electron chi connectivity index (χ1n) is 9.04. The highest BCUT2D eigenvalue weighted by molar-refractivity contribution is 7.92. The predicted molar refractivity (Wildman–Crippen MR) is 119 cm³/mol. The van der Waals surface area contributed by atoms with E-state index in [4.69, 9.17) is 16.3 Å². The van der Waals surface area contributed by atoms with Crippen LogP contribution in [0.5, 0.6) is 5.75 Å². The molecule has 0 bridgehead atoms. The molecule has 1 amide bonds. The number of rotatable bonds is 6. The lowest BCUT2D eigenvalue weighted by molar-refractivity contribution is 0.102. The summed E-state index contributed by atoms with van der Waals surface area (Å²) in [5.41, 5.74) is 2.91. The maximum atomic E-state index is 12.6. The summed E-state index contributed by atoms with van der Waals surface area (Å²) in [7, 11) is -2.28. The molecule has 0 saturated carbocycles. The van der Waals surface area contributed by atoms with E-state index in [1.165, 1.54) is 37.4 Å². The van der Waals surface area contributed by atoms with Crippen LogP contribution in [-0.4, -0.2) is 21.4 Å². The van der Waals surface area contributed by atoms with Crippen molar-refractivity contribution in [1.29, 1.82) is 0 Å². The predicted octanol–water partition coefficient (Wildman–Crippen LogP) is 5.02. The third kappa shape index (κ3) is 4.93. The first-order chi connectivity index (χ1) is 14.2. The van der Waals surface area contributed by atoms with Crippen LogP contribution in [0.15, 0.2) is 65.6 Å². The Hall–Kier alpha value is -3.03. The van der Waals surface area contributed by atoms with Crippen LogP contribution in [0.25, 0.3) is 0 Å². The Morgan fingerprint density at radius 3 is 2.20 bits per heavy atom. The molecule has 0 saturated heterocycles. The molecule has 0 atom stereocenters. The molecular formula is C22H21ClN2O4S. The highest BCUT2D eigenvalue weighted by Gasteiger charge is 2.17. The third-order valence-electron chi connectivity index (χ3n) is 4.41. The molecule has 2 N–H and O–H groups in total. The smallest absolute Gasteiger partial charge is 0.261 e. The fourth-order valence-electron chi connectivity index (χ4n) is 2.77. The lowest BCUT2D eigenvalue weighted by atomic mass is 10.1. The molecule has 0 aliphatic carbocycles. The van der Waals surface area contributed by atoms with Gasteiger partial charge in [0, 0.05) is 5.56 Å². The first-order valence-corrected chi connectivity index (χ1v) is 10.9. The van der Waals surface area contributed by atoms with E-state index in [9.17, 15) is 13.2 Å². The van der Waals surface area contributed by atoms with Crippen LogP contribution < -0.4 is 14.8 Å². The van der Waals surface area contributed by atoms with Gasteiger partial charge in [-0.1, -0.05) is 35.4 Å². The number of anilines is 2. The lowest BCUT2D eigenvalue weighted by Gasteiger charge is -2.13. The first kappa shape index (κ1) is 21.7. The number of carbonyl (C=O) groups is 1. The van der Waals surface area contributed by atoms with Gasteiger partial charge in [-0.05, 0) is 61.9 Å². The molecule has 3 aromatic rings. The van der Waals surface area contributed by atoms with Gasteiger partial charge in [0.05, 0.1) is 28.4 Å². The van der Waals surface area contributed by atoms with Crippen molar-refractivity contribution in [2.24, 2.45) is 0 Å². The standard InChI is InChI=1S/C22H21ClN2O4S/c1-14-4-8-17(9-5-14)30(27,28)25-19-10-7-16(13-18(19)23)22(26)24-20-12-15(2)6-11-21(20)29-3/h4-13,25H,1-3H3,(H,24,26). The largest absolute Gasteiger partial charge is 0.495 e. The van der Waals surface area contributed by atoms with Gasteiger partial charge in [0.15, 0.2) is 0 Å². The average molecular weight is 445 g/mol. The zero-order chi connectivity index (χ0) is 21.9. The van der Waals surface area contributed by atoms with E-state index in [1.54, 1.807) is 24.3 Å². The van der Waals surface area contributed by atoms with Crippen molar-refractivity contribution < 1.29 is 17.9 Å². The summed E-state index contributed by atoms with van der Waals surface area (Å²) in [4.78, 5) is 12.8. The zero-order valence-electron chi connectivity index (χ0n) is 16.7. The van der Waals surface area contributed by atoms with Gasteiger partial charge < -0.3 is 10.1 Å². The summed E-state index contributed by atoms with van der Waals surface area (Å²) in [6, 6.07) is 16.3. The van der Waals surface area contributed by atoms with E-state index in [0.717, 1.165) is 11.1 Å². The van der Waals surface area contributed by atoms with Gasteiger partial charge in [0.2, 0.25) is 0 Å². The van der Waals surface area contributed by atoms with Gasteiger partial charge in [-0.2, -0.15) is 0 Å². The van der Waals surface area contributed by atoms with E-state index >= 15 is 0 Å². The van der Waals surface area contributed by atoms with Crippen molar-refractivity contribution >= 4 is 38.9 Å². The zero-order valence-corrected chi connectivity index (χ0v) is 18.3. The lowest BCUT2D eigenvalue weighted by Crippen LogP contribution is -2.15. The number of nitrogens with one attached hydrogen (secondary N) is 2. The van der Waals surface area contributed by atoms with Gasteiger partial charge in [-0.3, -0.25) is 9.52 Å². The summed E-state index contributed by atoms with van der Waals surface area (Å²) >= 11 is 6.25. The second kappa shape index (κ2) is 8.77. The molecule has 3 rings (SSSR count). The van der Waals surface area contributed by atoms with E-state index in [-0.39, 0.29) is 21.2 Å². The average Bonchev–Trinajstić information content (AvgIpc) is 2.70. The van der Waals surface area contributed by atoms with Crippen LogP contribution in [0, 0.1) is 13.8 Å². The second-order valence-electron chi connectivity index (χ2n) is 6.77. The van der Waals surface area contributed by atoms with Crippen molar-refractivity contribution in [2.75, 3.05) is 17.1 Å². The molecule has 0 unspecified atom stereocenters. The van der Waals surface area contributed by atoms with Crippen LogP contribution >= 0.6 is 11.6 Å². The van der Waals surface area contributed by atoms with E-state index in [0.29, 0.717) is 11.4 Å². The molecule has 0 spiro atoms. The Balaban J connectivity index is 1.80. The number of methoxy groups -OCH3 is 1. The van der Waals surface area contributed by atoms with Crippen LogP contribution in [0.3, 0.4) is 0 Å². The molecule has 156 valence electrons. The van der Waals surface area contributed by atoms with Gasteiger partial charge in [0.1, 0.15) is 5.75 Å². The van der Waals surface area contributed by atoms with Crippen molar-refractivity contribution in [3.8, 4) is 5.75 Å². The van der Waals surface area contributed by atoms with Crippen molar-refractivity contribution in [1.82, 2.24) is 0 Å². The fourth-order valence-corrected chi connectivity index (χ4v) is 4.14. The number of carbonyl (C=O) groups excluding carboxylic acids is 1. The minimum atomic E-state index is -3.80. The van der Waals surface area contributed by atoms with Gasteiger partial charge in [-0.25, -0.2) is 8.42 Å². The van der Waals surface area contributed by atoms with Gasteiger partial charge in [-0.15, -0.1) is 0 Å². The molecule has 0 aliphatic rings. The monoisotopic (exact) mass is 444 g/mol. The van der Waals surface area contributed by atoms with E-state index in [2.05, 4.69) is 10.0 Å². The number of hydrogen-bond donors (Lipinski definition) is 2. The Morgan fingerprint density at radius 2 is 1.57 bits per heavy atom. The minimum Gasteiger partial charge on any atom is -0.495 e. The van der Waals surface area contributed by atoms with E-state index < -0.39 is 15.9 Å². The van der Waals surface area contributed by atoms with Gasteiger partial charge >= 0.3 is 0 Å². The highest BCUT2D eigenvalue weighted by Crippen LogP contribution is 2.28. The maximum Gasteiger partial charge on any atom is 0.261 e. The second-order valence-corrected chi connectivity index (χ2v) is 8.86. The summed E-state index contributed by atoms with van der Waals surface area (Å²) in [5, 5.41) is 2.89. The topological polar surface area (TPSA) is 84.5 Å². The Bertz CT molecular complexity index is 1190. The molecule has 8 heteroatoms. The van der Waals surface area contributed by atoms with Crippen LogP contribution in [-0.2, 0) is 10.0 Å². The van der Waals surface area contributed by atoms with Crippen LogP contribution in [0.1, 0.15) is 21.5 Å². The van der Waals surface area contributed by atoms with Crippen LogP contribution in [0.2, 0.25) is 5.02 Å². The Morgan fingerprint density at radius 1 is 0.900 bits per heavy atom. The number of aryl methyl sites for hydroxylation is 2. The third-order valence-corrected chi connectivity index (χ3v) is 6.10. The number of halogens is 1. The molecule has 0 heterocycles. The molecule has 3 aromatic carbocycles. The number of hydrogen-bond acceptors (Lipinski definition) is 4. The van der Waals surface area contributed by atoms with Crippen molar-refractivity contribution in [3.05, 3.63) is 82.4 Å². The number of sulfonamides is 1. The highest BCUT2D eigenvalue weighted by atomic mass is 35.5. The molecule has 0 aliphatic heterocycles. The molecule has 0 fully saturated rings. The summed E-state index contributed by atoms with van der Waals surface area (Å²) in [5.74, 6) is 0.135. The Kier molecular flexibility index (Phi) is 6.34. The summed E-state index contributed by atoms with van der Waals surface area (Å²) < 4.78 is 32.8.